The van der Waals surface area contributed by atoms with E-state index in [4.69, 9.17) is 18.9 Å². The highest BCUT2D eigenvalue weighted by atomic mass is 16.8. The van der Waals surface area contributed by atoms with Gasteiger partial charge in [-0.15, -0.1) is 0 Å². The molecule has 1 aromatic heterocycles. The summed E-state index contributed by atoms with van der Waals surface area (Å²) in [5, 5.41) is 3.82. The lowest BCUT2D eigenvalue weighted by molar-refractivity contribution is -0.204. The van der Waals surface area contributed by atoms with E-state index in [0.717, 1.165) is 10.9 Å². The Morgan fingerprint density at radius 2 is 2.04 bits per heavy atom. The largest absolute Gasteiger partial charge is 0.463 e. The Bertz CT molecular complexity index is 769. The van der Waals surface area contributed by atoms with Crippen LogP contribution in [0.3, 0.4) is 0 Å². The van der Waals surface area contributed by atoms with Gasteiger partial charge in [-0.3, -0.25) is 14.6 Å². The Morgan fingerprint density at radius 3 is 2.68 bits per heavy atom. The molecule has 4 atom stereocenters. The summed E-state index contributed by atoms with van der Waals surface area (Å²) in [5.74, 6) is -1.52. The Balaban J connectivity index is 1.84. The van der Waals surface area contributed by atoms with Crippen LogP contribution in [0.2, 0.25) is 0 Å². The van der Waals surface area contributed by atoms with E-state index in [1.54, 1.807) is 27.7 Å². The maximum absolute atomic E-state index is 12.0. The van der Waals surface area contributed by atoms with E-state index in [9.17, 15) is 14.4 Å². The topological polar surface area (TPSA) is 122 Å². The van der Waals surface area contributed by atoms with Crippen LogP contribution in [0.25, 0.3) is 0 Å². The molecule has 1 aromatic rings. The molecule has 2 saturated heterocycles. The second-order valence-electron chi connectivity index (χ2n) is 6.80. The van der Waals surface area contributed by atoms with Crippen LogP contribution in [0.4, 0.5) is 0 Å². The van der Waals surface area contributed by atoms with Crippen LogP contribution in [0.15, 0.2) is 15.8 Å². The number of aromatic amines is 1. The monoisotopic (exact) mass is 355 g/mol. The van der Waals surface area contributed by atoms with Crippen LogP contribution in [0.5, 0.6) is 0 Å². The first-order chi connectivity index (χ1) is 11.7. The molecule has 0 unspecified atom stereocenters. The van der Waals surface area contributed by atoms with E-state index in [1.165, 1.54) is 0 Å². The number of hydrogen-bond donors (Lipinski definition) is 1. The minimum Gasteiger partial charge on any atom is -0.463 e. The predicted molar refractivity (Wildman–Crippen MR) is 82.6 cm³/mol. The molecule has 0 bridgehead atoms. The number of esters is 1. The number of carbonyl (C=O) groups is 1. The third-order valence-electron chi connectivity index (χ3n) is 3.97. The van der Waals surface area contributed by atoms with Crippen molar-refractivity contribution in [3.05, 3.63) is 27.0 Å². The van der Waals surface area contributed by atoms with Crippen LogP contribution in [0.1, 0.15) is 33.9 Å². The molecule has 2 fully saturated rings. The molecule has 2 aliphatic heterocycles. The first-order valence-electron chi connectivity index (χ1n) is 8.04. The van der Waals surface area contributed by atoms with Gasteiger partial charge in [0.2, 0.25) is 0 Å². The van der Waals surface area contributed by atoms with Crippen LogP contribution < -0.4 is 11.2 Å². The van der Waals surface area contributed by atoms with Gasteiger partial charge < -0.3 is 18.9 Å². The lowest BCUT2D eigenvalue weighted by Gasteiger charge is -2.24. The Labute approximate surface area is 143 Å². The average Bonchev–Trinajstić information content (AvgIpc) is 2.98. The zero-order chi connectivity index (χ0) is 18.4. The van der Waals surface area contributed by atoms with Crippen molar-refractivity contribution in [1.29, 1.82) is 0 Å². The van der Waals surface area contributed by atoms with Gasteiger partial charge in [-0.2, -0.15) is 9.78 Å². The summed E-state index contributed by atoms with van der Waals surface area (Å²) in [4.78, 5) is 37.1. The van der Waals surface area contributed by atoms with Gasteiger partial charge in [-0.25, -0.2) is 4.79 Å². The standard InChI is InChI=1S/C15H21N3O7/c1-7(2)13(20)22-6-8-10-11(25-15(3,4)24-10)12(23-8)18-14(21)17-9(19)5-16-18/h5,7-8,10-12H,6H2,1-4H3,(H,17,19,21)/t8-,10-,11-,12-/m1/s1. The molecular weight excluding hydrogens is 334 g/mol. The number of aromatic nitrogens is 3. The van der Waals surface area contributed by atoms with Crippen molar-refractivity contribution >= 4 is 5.97 Å². The van der Waals surface area contributed by atoms with E-state index in [1.807, 2.05) is 0 Å². The van der Waals surface area contributed by atoms with E-state index >= 15 is 0 Å². The minimum absolute atomic E-state index is 0.0355. The van der Waals surface area contributed by atoms with Crippen molar-refractivity contribution in [1.82, 2.24) is 14.8 Å². The second-order valence-corrected chi connectivity index (χ2v) is 6.80. The summed E-state index contributed by atoms with van der Waals surface area (Å²) < 4.78 is 23.7. The van der Waals surface area contributed by atoms with Crippen molar-refractivity contribution < 1.29 is 23.7 Å². The number of nitrogens with one attached hydrogen (secondary N) is 1. The van der Waals surface area contributed by atoms with E-state index < -0.39 is 41.6 Å². The van der Waals surface area contributed by atoms with Gasteiger partial charge in [-0.1, -0.05) is 13.8 Å². The van der Waals surface area contributed by atoms with Gasteiger partial charge in [0, 0.05) is 0 Å². The third-order valence-corrected chi connectivity index (χ3v) is 3.97. The highest BCUT2D eigenvalue weighted by Gasteiger charge is 2.56. The van der Waals surface area contributed by atoms with Crippen LogP contribution >= 0.6 is 0 Å². The molecular formula is C15H21N3O7. The molecule has 3 rings (SSSR count). The second kappa shape index (κ2) is 6.36. The summed E-state index contributed by atoms with van der Waals surface area (Å²) in [6.07, 6.45) is -1.72. The van der Waals surface area contributed by atoms with E-state index in [2.05, 4.69) is 10.1 Å². The first-order valence-corrected chi connectivity index (χ1v) is 8.04. The van der Waals surface area contributed by atoms with Crippen molar-refractivity contribution in [2.45, 2.75) is 58.0 Å². The molecule has 0 saturated carbocycles. The number of fused-ring (bicyclic) bond motifs is 1. The average molecular weight is 355 g/mol. The Hall–Kier alpha value is -2.04. The number of hydrogen-bond acceptors (Lipinski definition) is 8. The number of rotatable bonds is 4. The van der Waals surface area contributed by atoms with Crippen LogP contribution in [-0.2, 0) is 23.7 Å². The predicted octanol–water partition coefficient (Wildman–Crippen LogP) is -0.452. The summed E-state index contributed by atoms with van der Waals surface area (Å²) in [5.41, 5.74) is -1.33. The lowest BCUT2D eigenvalue weighted by Crippen LogP contribution is -2.39. The Kier molecular flexibility index (Phi) is 4.52. The smallest absolute Gasteiger partial charge is 0.347 e. The molecule has 0 radical (unpaired) electrons. The lowest BCUT2D eigenvalue weighted by atomic mass is 10.1. The molecule has 0 spiro atoms. The molecule has 25 heavy (non-hydrogen) atoms. The molecule has 10 heteroatoms. The fraction of sp³-hybridized carbons (Fsp3) is 0.733. The fourth-order valence-corrected chi connectivity index (χ4v) is 2.86. The maximum Gasteiger partial charge on any atom is 0.347 e. The van der Waals surface area contributed by atoms with Crippen molar-refractivity contribution in [3.63, 3.8) is 0 Å². The fourth-order valence-electron chi connectivity index (χ4n) is 2.86. The molecule has 2 aliphatic rings. The highest BCUT2D eigenvalue weighted by molar-refractivity contribution is 5.71. The quantitative estimate of drug-likeness (QED) is 0.721. The summed E-state index contributed by atoms with van der Waals surface area (Å²) in [6.45, 7) is 6.90. The molecule has 3 heterocycles. The van der Waals surface area contributed by atoms with Gasteiger partial charge in [0.05, 0.1) is 5.92 Å². The molecule has 138 valence electrons. The third kappa shape index (κ3) is 3.51. The van der Waals surface area contributed by atoms with Crippen molar-refractivity contribution in [3.8, 4) is 0 Å². The summed E-state index contributed by atoms with van der Waals surface area (Å²) in [6, 6.07) is 0. The number of ether oxygens (including phenoxy) is 4. The zero-order valence-corrected chi connectivity index (χ0v) is 14.4. The van der Waals surface area contributed by atoms with Gasteiger partial charge >= 0.3 is 11.7 Å². The van der Waals surface area contributed by atoms with Crippen molar-refractivity contribution in [2.24, 2.45) is 5.92 Å². The van der Waals surface area contributed by atoms with Gasteiger partial charge in [-0.05, 0) is 13.8 Å². The summed E-state index contributed by atoms with van der Waals surface area (Å²) >= 11 is 0. The molecule has 10 nitrogen and oxygen atoms in total. The first kappa shape index (κ1) is 17.8. The number of carbonyl (C=O) groups excluding carboxylic acids is 1. The number of H-pyrrole nitrogens is 1. The molecule has 1 N–H and O–H groups in total. The SMILES string of the molecule is CC(C)C(=O)OC[C@H]1O[C@@H](n2ncc(=O)[nH]c2=O)[C@@H]2OC(C)(C)O[C@@H]21. The maximum atomic E-state index is 12.0. The molecule has 0 amide bonds. The van der Waals surface area contributed by atoms with E-state index in [0.29, 0.717) is 0 Å². The molecule has 0 aliphatic carbocycles. The van der Waals surface area contributed by atoms with Gasteiger partial charge in [0.25, 0.3) is 5.56 Å². The molecule has 0 aromatic carbocycles. The number of nitrogens with zero attached hydrogens (tertiary/aromatic N) is 2. The summed E-state index contributed by atoms with van der Waals surface area (Å²) in [7, 11) is 0. The zero-order valence-electron chi connectivity index (χ0n) is 14.4. The van der Waals surface area contributed by atoms with Crippen LogP contribution in [-0.4, -0.2) is 51.4 Å². The van der Waals surface area contributed by atoms with Crippen LogP contribution in [0, 0.1) is 5.92 Å². The van der Waals surface area contributed by atoms with Crippen molar-refractivity contribution in [2.75, 3.05) is 6.61 Å². The highest BCUT2D eigenvalue weighted by Crippen LogP contribution is 2.42. The van der Waals surface area contributed by atoms with Gasteiger partial charge in [0.1, 0.15) is 31.1 Å². The Morgan fingerprint density at radius 1 is 1.36 bits per heavy atom. The normalized spacial score (nSPS) is 30.4. The van der Waals surface area contributed by atoms with Gasteiger partial charge in [0.15, 0.2) is 12.0 Å². The minimum atomic E-state index is -0.904. The van der Waals surface area contributed by atoms with E-state index in [-0.39, 0.29) is 18.5 Å².